The van der Waals surface area contributed by atoms with Crippen molar-refractivity contribution in [3.8, 4) is 0 Å². The lowest BCUT2D eigenvalue weighted by atomic mass is 9.94. The van der Waals surface area contributed by atoms with Crippen LogP contribution in [0.5, 0.6) is 0 Å². The van der Waals surface area contributed by atoms with Crippen molar-refractivity contribution in [2.75, 3.05) is 11.3 Å². The number of carbonyl (C=O) groups excluding carboxylic acids is 1. The summed E-state index contributed by atoms with van der Waals surface area (Å²) in [4.78, 5) is 12.7. The van der Waals surface area contributed by atoms with Gasteiger partial charge in [0, 0.05) is 12.1 Å². The van der Waals surface area contributed by atoms with E-state index in [4.69, 9.17) is 5.73 Å². The minimum Gasteiger partial charge on any atom is -0.350 e. The molecule has 0 spiro atoms. The first kappa shape index (κ1) is 23.9. The van der Waals surface area contributed by atoms with E-state index in [1.807, 2.05) is 20.8 Å². The van der Waals surface area contributed by atoms with Crippen LogP contribution in [0.15, 0.2) is 53.4 Å². The van der Waals surface area contributed by atoms with E-state index in [1.54, 1.807) is 36.4 Å². The van der Waals surface area contributed by atoms with Gasteiger partial charge in [-0.25, -0.2) is 8.42 Å². The Hall–Kier alpha value is -2.09. The van der Waals surface area contributed by atoms with E-state index < -0.39 is 15.6 Å². The number of amides is 1. The van der Waals surface area contributed by atoms with Crippen molar-refractivity contribution in [1.29, 1.82) is 0 Å². The number of aryl methyl sites for hydroxylation is 1. The quantitative estimate of drug-likeness (QED) is 0.602. The maximum Gasteiger partial charge on any atom is 0.261 e. The number of hydrogen-bond donors (Lipinski definition) is 3. The zero-order valence-electron chi connectivity index (χ0n) is 16.4. The summed E-state index contributed by atoms with van der Waals surface area (Å²) in [6.45, 7) is 6.14. The predicted octanol–water partition coefficient (Wildman–Crippen LogP) is 3.46. The van der Waals surface area contributed by atoms with Crippen LogP contribution in [0.3, 0.4) is 0 Å². The van der Waals surface area contributed by atoms with Gasteiger partial charge in [0.25, 0.3) is 15.9 Å². The Morgan fingerprint density at radius 2 is 1.61 bits per heavy atom. The minimum absolute atomic E-state index is 0. The largest absolute Gasteiger partial charge is 0.350 e. The molecular weight excluding hydrogens is 398 g/mol. The number of benzene rings is 2. The van der Waals surface area contributed by atoms with E-state index in [1.165, 1.54) is 12.1 Å². The average molecular weight is 426 g/mol. The smallest absolute Gasteiger partial charge is 0.261 e. The Balaban J connectivity index is 0.00000392. The normalized spacial score (nSPS) is 11.4. The first-order valence-corrected chi connectivity index (χ1v) is 10.4. The highest BCUT2D eigenvalue weighted by Crippen LogP contribution is 2.21. The van der Waals surface area contributed by atoms with Gasteiger partial charge in [0.15, 0.2) is 0 Å². The lowest BCUT2D eigenvalue weighted by molar-refractivity contribution is 0.0943. The van der Waals surface area contributed by atoms with E-state index in [-0.39, 0.29) is 34.5 Å². The van der Waals surface area contributed by atoms with Crippen molar-refractivity contribution in [2.24, 2.45) is 5.73 Å². The molecule has 28 heavy (non-hydrogen) atoms. The van der Waals surface area contributed by atoms with Gasteiger partial charge < -0.3 is 11.1 Å². The number of nitrogens with two attached hydrogens (primary N) is 1. The lowest BCUT2D eigenvalue weighted by Gasteiger charge is -2.27. The van der Waals surface area contributed by atoms with Gasteiger partial charge in [0.2, 0.25) is 0 Å². The van der Waals surface area contributed by atoms with Crippen LogP contribution in [0, 0.1) is 6.92 Å². The van der Waals surface area contributed by atoms with E-state index in [2.05, 4.69) is 10.0 Å². The van der Waals surface area contributed by atoms with Crippen molar-refractivity contribution < 1.29 is 13.2 Å². The molecule has 0 aliphatic carbocycles. The van der Waals surface area contributed by atoms with Crippen molar-refractivity contribution in [3.63, 3.8) is 0 Å². The Labute approximate surface area is 173 Å². The van der Waals surface area contributed by atoms with Crippen molar-refractivity contribution >= 4 is 34.0 Å². The van der Waals surface area contributed by atoms with Crippen LogP contribution < -0.4 is 15.8 Å². The van der Waals surface area contributed by atoms with Crippen LogP contribution in [0.4, 0.5) is 5.69 Å². The molecule has 2 rings (SSSR count). The molecule has 154 valence electrons. The molecule has 2 aromatic rings. The Bertz CT molecular complexity index is 895. The molecule has 2 aromatic carbocycles. The first-order valence-electron chi connectivity index (χ1n) is 8.96. The van der Waals surface area contributed by atoms with E-state index >= 15 is 0 Å². The molecule has 0 radical (unpaired) electrons. The van der Waals surface area contributed by atoms with Gasteiger partial charge in [0.1, 0.15) is 0 Å². The molecule has 0 aliphatic heterocycles. The summed E-state index contributed by atoms with van der Waals surface area (Å²) in [5.74, 6) is -0.367. The Morgan fingerprint density at radius 1 is 1.04 bits per heavy atom. The lowest BCUT2D eigenvalue weighted by Crippen LogP contribution is -2.49. The number of hydrogen-bond acceptors (Lipinski definition) is 4. The van der Waals surface area contributed by atoms with Gasteiger partial charge in [-0.2, -0.15) is 0 Å². The molecule has 8 heteroatoms. The number of para-hydroxylation sites is 1. The molecule has 0 atom stereocenters. The fourth-order valence-corrected chi connectivity index (χ4v) is 3.62. The molecule has 0 heterocycles. The van der Waals surface area contributed by atoms with E-state index in [0.29, 0.717) is 6.54 Å². The molecular formula is C20H28ClN3O3S. The second-order valence-electron chi connectivity index (χ2n) is 6.72. The van der Waals surface area contributed by atoms with Crippen LogP contribution in [-0.4, -0.2) is 26.4 Å². The molecule has 0 saturated carbocycles. The summed E-state index contributed by atoms with van der Waals surface area (Å²) in [5.41, 5.74) is 7.19. The fraction of sp³-hybridized carbons (Fsp3) is 0.350. The standard InChI is InChI=1S/C20H27N3O3S.ClH/c1-4-20(21,5-2)14-22-19(24)17-8-6-7-9-18(17)23-27(25,26)16-12-10-15(3)11-13-16;/h6-13,23H,4-5,14,21H2,1-3H3,(H,22,24);1H. The molecule has 0 bridgehead atoms. The Kier molecular flexibility index (Phi) is 8.48. The van der Waals surface area contributed by atoms with Gasteiger partial charge in [-0.3, -0.25) is 9.52 Å². The number of carbonyl (C=O) groups is 1. The third kappa shape index (κ3) is 5.95. The van der Waals surface area contributed by atoms with Gasteiger partial charge >= 0.3 is 0 Å². The van der Waals surface area contributed by atoms with Crippen LogP contribution in [0.1, 0.15) is 42.6 Å². The summed E-state index contributed by atoms with van der Waals surface area (Å²) in [7, 11) is -3.79. The average Bonchev–Trinajstić information content (AvgIpc) is 2.66. The maximum absolute atomic E-state index is 12.6. The third-order valence-electron chi connectivity index (χ3n) is 4.76. The number of halogens is 1. The molecule has 1 amide bonds. The molecule has 0 unspecified atom stereocenters. The van der Waals surface area contributed by atoms with Crippen LogP contribution in [0.2, 0.25) is 0 Å². The van der Waals surface area contributed by atoms with Gasteiger partial charge in [-0.15, -0.1) is 12.4 Å². The van der Waals surface area contributed by atoms with Crippen molar-refractivity contribution in [1.82, 2.24) is 5.32 Å². The minimum atomic E-state index is -3.79. The second-order valence-corrected chi connectivity index (χ2v) is 8.40. The molecule has 6 nitrogen and oxygen atoms in total. The monoisotopic (exact) mass is 425 g/mol. The fourth-order valence-electron chi connectivity index (χ4n) is 2.54. The van der Waals surface area contributed by atoms with Crippen LogP contribution in [0.25, 0.3) is 0 Å². The zero-order valence-corrected chi connectivity index (χ0v) is 18.0. The molecule has 0 saturated heterocycles. The summed E-state index contributed by atoms with van der Waals surface area (Å²) in [5, 5.41) is 2.82. The van der Waals surface area contributed by atoms with Crippen molar-refractivity contribution in [2.45, 2.75) is 44.0 Å². The topological polar surface area (TPSA) is 101 Å². The van der Waals surface area contributed by atoms with Gasteiger partial charge in [-0.05, 0) is 44.0 Å². The highest BCUT2D eigenvalue weighted by atomic mass is 35.5. The number of nitrogens with one attached hydrogen (secondary N) is 2. The molecule has 0 aliphatic rings. The SMILES string of the molecule is CCC(N)(CC)CNC(=O)c1ccccc1NS(=O)(=O)c1ccc(C)cc1.Cl. The third-order valence-corrected chi connectivity index (χ3v) is 6.14. The summed E-state index contributed by atoms with van der Waals surface area (Å²) >= 11 is 0. The molecule has 0 aromatic heterocycles. The highest BCUT2D eigenvalue weighted by molar-refractivity contribution is 7.92. The zero-order chi connectivity index (χ0) is 20.1. The Morgan fingerprint density at radius 3 is 2.18 bits per heavy atom. The number of rotatable bonds is 8. The van der Waals surface area contributed by atoms with Gasteiger partial charge in [-0.1, -0.05) is 43.7 Å². The molecule has 4 N–H and O–H groups in total. The van der Waals surface area contributed by atoms with Crippen molar-refractivity contribution in [3.05, 3.63) is 59.7 Å². The number of sulfonamides is 1. The maximum atomic E-state index is 12.6. The van der Waals surface area contributed by atoms with E-state index in [0.717, 1.165) is 18.4 Å². The first-order chi connectivity index (χ1) is 12.7. The molecule has 0 fully saturated rings. The van der Waals surface area contributed by atoms with Crippen LogP contribution in [-0.2, 0) is 10.0 Å². The van der Waals surface area contributed by atoms with Crippen LogP contribution >= 0.6 is 12.4 Å². The number of anilines is 1. The predicted molar refractivity (Wildman–Crippen MR) is 116 cm³/mol. The van der Waals surface area contributed by atoms with E-state index in [9.17, 15) is 13.2 Å². The van der Waals surface area contributed by atoms with Gasteiger partial charge in [0.05, 0.1) is 16.1 Å². The summed E-state index contributed by atoms with van der Waals surface area (Å²) in [6, 6.07) is 13.0. The summed E-state index contributed by atoms with van der Waals surface area (Å²) < 4.78 is 27.8. The highest BCUT2D eigenvalue weighted by Gasteiger charge is 2.23. The second kappa shape index (κ2) is 9.91. The summed E-state index contributed by atoms with van der Waals surface area (Å²) in [6.07, 6.45) is 1.46.